The van der Waals surface area contributed by atoms with Crippen LogP contribution in [0.3, 0.4) is 0 Å². The van der Waals surface area contributed by atoms with Crippen molar-refractivity contribution in [2.75, 3.05) is 0 Å². The highest BCUT2D eigenvalue weighted by Gasteiger charge is 2.20. The Morgan fingerprint density at radius 3 is 1.84 bits per heavy atom. The maximum atomic E-state index is 6.63. The highest BCUT2D eigenvalue weighted by Crippen LogP contribution is 2.35. The van der Waals surface area contributed by atoms with Gasteiger partial charge < -0.3 is 0 Å². The van der Waals surface area contributed by atoms with Gasteiger partial charge in [-0.3, -0.25) is 0 Å². The van der Waals surface area contributed by atoms with Gasteiger partial charge in [0.05, 0.1) is 16.4 Å². The molecule has 0 aliphatic rings. The van der Waals surface area contributed by atoms with E-state index in [1.807, 2.05) is 97.1 Å². The third-order valence-electron chi connectivity index (χ3n) is 6.02. The summed E-state index contributed by atoms with van der Waals surface area (Å²) >= 11 is 18.9. The van der Waals surface area contributed by atoms with Crippen molar-refractivity contribution >= 4 is 34.8 Å². The molecule has 6 rings (SSSR count). The Labute approximate surface area is 234 Å². The molecule has 0 atom stereocenters. The molecule has 0 amide bonds. The molecule has 0 saturated carbocycles. The molecule has 2 heterocycles. The van der Waals surface area contributed by atoms with E-state index < -0.39 is 0 Å². The number of aromatic nitrogens is 5. The van der Waals surface area contributed by atoms with Gasteiger partial charge in [-0.05, 0) is 36.4 Å². The highest BCUT2D eigenvalue weighted by atomic mass is 35.5. The summed E-state index contributed by atoms with van der Waals surface area (Å²) in [5.74, 6) is 0.310. The lowest BCUT2D eigenvalue weighted by atomic mass is 10.0. The molecule has 0 spiro atoms. The van der Waals surface area contributed by atoms with Crippen LogP contribution < -0.4 is 0 Å². The average Bonchev–Trinajstić information content (AvgIpc) is 3.39. The van der Waals surface area contributed by atoms with E-state index in [9.17, 15) is 0 Å². The number of hydrogen-bond acceptors (Lipinski definition) is 4. The Bertz CT molecular complexity index is 1730. The summed E-state index contributed by atoms with van der Waals surface area (Å²) in [6.45, 7) is 0. The lowest BCUT2D eigenvalue weighted by Gasteiger charge is -2.12. The molecule has 6 aromatic rings. The molecule has 38 heavy (non-hydrogen) atoms. The van der Waals surface area contributed by atoms with Crippen LogP contribution in [0.2, 0.25) is 15.1 Å². The first kappa shape index (κ1) is 24.3. The molecule has 0 N–H and O–H groups in total. The SMILES string of the molecule is Clc1ccc(-c2cc(-c3ccc(Cl)cc3Cl)n(-c3nnc(-c4ccccc4)c(-c4ccccc4)n3)n2)cc1. The molecule has 0 unspecified atom stereocenters. The van der Waals surface area contributed by atoms with Crippen LogP contribution in [-0.2, 0) is 0 Å². The van der Waals surface area contributed by atoms with Crippen LogP contribution >= 0.6 is 34.8 Å². The van der Waals surface area contributed by atoms with Crippen molar-refractivity contribution in [3.05, 3.63) is 124 Å². The summed E-state index contributed by atoms with van der Waals surface area (Å²) < 4.78 is 1.66. The first-order chi connectivity index (χ1) is 18.6. The summed E-state index contributed by atoms with van der Waals surface area (Å²) in [6.07, 6.45) is 0. The van der Waals surface area contributed by atoms with E-state index in [-0.39, 0.29) is 0 Å². The summed E-state index contributed by atoms with van der Waals surface area (Å²) in [6, 6.07) is 34.5. The van der Waals surface area contributed by atoms with Gasteiger partial charge in [0.15, 0.2) is 0 Å². The fourth-order valence-corrected chi connectivity index (χ4v) is 4.81. The minimum atomic E-state index is 0.310. The maximum Gasteiger partial charge on any atom is 0.271 e. The number of nitrogens with zero attached hydrogens (tertiary/aromatic N) is 5. The maximum absolute atomic E-state index is 6.63. The summed E-state index contributed by atoms with van der Waals surface area (Å²) in [4.78, 5) is 4.98. The van der Waals surface area contributed by atoms with E-state index in [0.29, 0.717) is 43.8 Å². The predicted octanol–water partition coefficient (Wildman–Crippen LogP) is 8.69. The third kappa shape index (κ3) is 4.79. The average molecular weight is 555 g/mol. The van der Waals surface area contributed by atoms with Crippen molar-refractivity contribution in [3.63, 3.8) is 0 Å². The van der Waals surface area contributed by atoms with Crippen molar-refractivity contribution < 1.29 is 0 Å². The van der Waals surface area contributed by atoms with Crippen LogP contribution in [0, 0.1) is 0 Å². The van der Waals surface area contributed by atoms with Gasteiger partial charge in [0.1, 0.15) is 11.4 Å². The van der Waals surface area contributed by atoms with Crippen molar-refractivity contribution in [1.82, 2.24) is 25.0 Å². The molecule has 0 bridgehead atoms. The predicted molar refractivity (Wildman–Crippen MR) is 154 cm³/mol. The lowest BCUT2D eigenvalue weighted by molar-refractivity contribution is 0.785. The van der Waals surface area contributed by atoms with E-state index in [4.69, 9.17) is 44.9 Å². The standard InChI is InChI=1S/C30H18Cl3N5/c31-22-13-11-19(12-14-22)26-18-27(24-16-15-23(32)17-25(24)33)38(37-26)30-34-28(20-7-3-1-4-8-20)29(35-36-30)21-9-5-2-6-10-21/h1-18H. The van der Waals surface area contributed by atoms with Gasteiger partial charge in [-0.25, -0.2) is 4.98 Å². The van der Waals surface area contributed by atoms with Crippen LogP contribution in [0.25, 0.3) is 51.0 Å². The van der Waals surface area contributed by atoms with Crippen LogP contribution in [0.5, 0.6) is 0 Å². The fraction of sp³-hybridized carbons (Fsp3) is 0. The van der Waals surface area contributed by atoms with Crippen molar-refractivity contribution in [3.8, 4) is 51.0 Å². The second kappa shape index (κ2) is 10.4. The van der Waals surface area contributed by atoms with E-state index in [1.54, 1.807) is 16.8 Å². The molecule has 4 aromatic carbocycles. The molecule has 0 saturated heterocycles. The molecule has 0 fully saturated rings. The quantitative estimate of drug-likeness (QED) is 0.214. The summed E-state index contributed by atoms with van der Waals surface area (Å²) in [5.41, 5.74) is 6.23. The van der Waals surface area contributed by atoms with Crippen molar-refractivity contribution in [1.29, 1.82) is 0 Å². The molecule has 184 valence electrons. The number of halogens is 3. The summed E-state index contributed by atoms with van der Waals surface area (Å²) in [7, 11) is 0. The monoisotopic (exact) mass is 553 g/mol. The zero-order chi connectivity index (χ0) is 26.1. The van der Waals surface area contributed by atoms with E-state index in [0.717, 1.165) is 22.3 Å². The molecule has 8 heteroatoms. The van der Waals surface area contributed by atoms with Gasteiger partial charge in [-0.15, -0.1) is 10.2 Å². The van der Waals surface area contributed by atoms with Gasteiger partial charge in [-0.1, -0.05) is 108 Å². The van der Waals surface area contributed by atoms with Crippen molar-refractivity contribution in [2.45, 2.75) is 0 Å². The van der Waals surface area contributed by atoms with Gasteiger partial charge in [-0.2, -0.15) is 9.78 Å². The minimum Gasteiger partial charge on any atom is -0.207 e. The molecular weight excluding hydrogens is 537 g/mol. The number of benzene rings is 4. The fourth-order valence-electron chi connectivity index (χ4n) is 4.18. The second-order valence-corrected chi connectivity index (χ2v) is 9.78. The van der Waals surface area contributed by atoms with Crippen LogP contribution in [0.1, 0.15) is 0 Å². The molecule has 0 radical (unpaired) electrons. The first-order valence-corrected chi connectivity index (χ1v) is 12.9. The zero-order valence-electron chi connectivity index (χ0n) is 19.8. The first-order valence-electron chi connectivity index (χ1n) is 11.7. The Kier molecular flexibility index (Phi) is 6.64. The molecule has 5 nitrogen and oxygen atoms in total. The highest BCUT2D eigenvalue weighted by molar-refractivity contribution is 6.36. The summed E-state index contributed by atoms with van der Waals surface area (Å²) in [5, 5.41) is 15.7. The van der Waals surface area contributed by atoms with Crippen LogP contribution in [0.4, 0.5) is 0 Å². The van der Waals surface area contributed by atoms with Crippen molar-refractivity contribution in [2.24, 2.45) is 0 Å². The zero-order valence-corrected chi connectivity index (χ0v) is 22.0. The Morgan fingerprint density at radius 2 is 1.18 bits per heavy atom. The molecule has 0 aliphatic carbocycles. The van der Waals surface area contributed by atoms with Gasteiger partial charge >= 0.3 is 0 Å². The van der Waals surface area contributed by atoms with Gasteiger partial charge in [0.2, 0.25) is 0 Å². The number of rotatable bonds is 5. The smallest absolute Gasteiger partial charge is 0.207 e. The van der Waals surface area contributed by atoms with E-state index in [2.05, 4.69) is 10.2 Å². The third-order valence-corrected chi connectivity index (χ3v) is 6.82. The van der Waals surface area contributed by atoms with E-state index >= 15 is 0 Å². The van der Waals surface area contributed by atoms with E-state index in [1.165, 1.54) is 0 Å². The lowest BCUT2D eigenvalue weighted by Crippen LogP contribution is -2.09. The topological polar surface area (TPSA) is 56.5 Å². The largest absolute Gasteiger partial charge is 0.271 e. The Hall–Kier alpha value is -4.03. The normalized spacial score (nSPS) is 11.0. The molecule has 2 aromatic heterocycles. The Morgan fingerprint density at radius 1 is 0.553 bits per heavy atom. The Balaban J connectivity index is 1.58. The minimum absolute atomic E-state index is 0.310. The number of hydrogen-bond donors (Lipinski definition) is 0. The van der Waals surface area contributed by atoms with Crippen LogP contribution in [0.15, 0.2) is 109 Å². The van der Waals surface area contributed by atoms with Gasteiger partial charge in [0.25, 0.3) is 5.95 Å². The van der Waals surface area contributed by atoms with Gasteiger partial charge in [0, 0.05) is 32.3 Å². The molecule has 0 aliphatic heterocycles. The molecular formula is C30H18Cl3N5. The van der Waals surface area contributed by atoms with Crippen LogP contribution in [-0.4, -0.2) is 25.0 Å². The second-order valence-electron chi connectivity index (χ2n) is 8.50.